The van der Waals surface area contributed by atoms with Gasteiger partial charge in [-0.15, -0.1) is 0 Å². The van der Waals surface area contributed by atoms with Gasteiger partial charge < -0.3 is 5.32 Å². The lowest BCUT2D eigenvalue weighted by molar-refractivity contribution is -0.141. The van der Waals surface area contributed by atoms with Gasteiger partial charge in [-0.25, -0.2) is 0 Å². The molecule has 0 fully saturated rings. The molecule has 0 aromatic carbocycles. The molecule has 0 radical (unpaired) electrons. The summed E-state index contributed by atoms with van der Waals surface area (Å²) in [5.41, 5.74) is -0.651. The summed E-state index contributed by atoms with van der Waals surface area (Å²) in [6.07, 6.45) is -3.18. The Labute approximate surface area is 67.0 Å². The van der Waals surface area contributed by atoms with Gasteiger partial charge in [0.1, 0.15) is 5.69 Å². The summed E-state index contributed by atoms with van der Waals surface area (Å²) < 4.78 is 36.3. The fraction of sp³-hybridized carbons (Fsp3) is 0.500. The van der Waals surface area contributed by atoms with E-state index in [1.807, 2.05) is 5.10 Å². The first kappa shape index (κ1) is 9.05. The Morgan fingerprint density at radius 3 is 2.75 bits per heavy atom. The average molecular weight is 179 g/mol. The smallest absolute Gasteiger partial charge is 0.316 e. The largest absolute Gasteiger partial charge is 0.433 e. The number of halogens is 3. The lowest BCUT2D eigenvalue weighted by Crippen LogP contribution is -2.13. The van der Waals surface area contributed by atoms with Crippen molar-refractivity contribution >= 4 is 0 Å². The Balaban J connectivity index is 2.91. The molecule has 12 heavy (non-hydrogen) atoms. The average Bonchev–Trinajstić information content (AvgIpc) is 2.34. The Bertz CT molecular complexity index is 253. The van der Waals surface area contributed by atoms with Crippen LogP contribution in [0.1, 0.15) is 11.3 Å². The molecule has 1 aromatic rings. The van der Waals surface area contributed by atoms with Crippen molar-refractivity contribution in [3.63, 3.8) is 0 Å². The Morgan fingerprint density at radius 1 is 1.58 bits per heavy atom. The van der Waals surface area contributed by atoms with Crippen LogP contribution in [0.4, 0.5) is 13.2 Å². The van der Waals surface area contributed by atoms with Crippen molar-refractivity contribution in [2.24, 2.45) is 0 Å². The molecule has 0 aliphatic carbocycles. The second kappa shape index (κ2) is 3.14. The molecule has 1 rings (SSSR count). The zero-order valence-electron chi connectivity index (χ0n) is 6.37. The minimum absolute atomic E-state index is 0.130. The number of nitrogens with one attached hydrogen (secondary N) is 2. The standard InChI is InChI=1S/C6H8F3N3/c1-10-2-4-3-11-12-5(4)6(7,8)9/h3,10H,2H2,1H3,(H,11,12). The van der Waals surface area contributed by atoms with Crippen molar-refractivity contribution in [2.75, 3.05) is 7.05 Å². The summed E-state index contributed by atoms with van der Waals surface area (Å²) in [6.45, 7) is 0.158. The van der Waals surface area contributed by atoms with Crippen molar-refractivity contribution in [1.29, 1.82) is 0 Å². The molecule has 0 aliphatic heterocycles. The number of rotatable bonds is 2. The molecule has 1 heterocycles. The molecule has 0 saturated carbocycles. The number of hydrogen-bond donors (Lipinski definition) is 2. The molecule has 0 spiro atoms. The lowest BCUT2D eigenvalue weighted by atomic mass is 10.2. The Kier molecular flexibility index (Phi) is 2.37. The lowest BCUT2D eigenvalue weighted by Gasteiger charge is -2.05. The first-order valence-corrected chi connectivity index (χ1v) is 3.29. The van der Waals surface area contributed by atoms with E-state index < -0.39 is 11.9 Å². The van der Waals surface area contributed by atoms with Crippen LogP contribution in [-0.4, -0.2) is 17.2 Å². The van der Waals surface area contributed by atoms with E-state index in [-0.39, 0.29) is 12.1 Å². The minimum atomic E-state index is -4.34. The van der Waals surface area contributed by atoms with Gasteiger partial charge in [0, 0.05) is 12.1 Å². The first-order chi connectivity index (χ1) is 5.55. The predicted octanol–water partition coefficient (Wildman–Crippen LogP) is 1.15. The number of aromatic nitrogens is 2. The molecule has 0 saturated heterocycles. The summed E-state index contributed by atoms with van der Waals surface area (Å²) in [4.78, 5) is 0. The number of hydrogen-bond acceptors (Lipinski definition) is 2. The van der Waals surface area contributed by atoms with Crippen molar-refractivity contribution in [3.05, 3.63) is 17.5 Å². The van der Waals surface area contributed by atoms with E-state index in [0.29, 0.717) is 0 Å². The highest BCUT2D eigenvalue weighted by Crippen LogP contribution is 2.29. The summed E-state index contributed by atoms with van der Waals surface area (Å²) in [5, 5.41) is 7.86. The number of nitrogens with zero attached hydrogens (tertiary/aromatic N) is 1. The molecule has 0 bridgehead atoms. The van der Waals surface area contributed by atoms with Crippen LogP contribution in [0, 0.1) is 0 Å². The van der Waals surface area contributed by atoms with Gasteiger partial charge in [0.05, 0.1) is 6.20 Å². The van der Waals surface area contributed by atoms with Gasteiger partial charge in [0.25, 0.3) is 0 Å². The van der Waals surface area contributed by atoms with E-state index in [4.69, 9.17) is 0 Å². The van der Waals surface area contributed by atoms with Crippen LogP contribution >= 0.6 is 0 Å². The summed E-state index contributed by atoms with van der Waals surface area (Å²) >= 11 is 0. The summed E-state index contributed by atoms with van der Waals surface area (Å²) in [6, 6.07) is 0. The molecule has 0 atom stereocenters. The van der Waals surface area contributed by atoms with Crippen LogP contribution < -0.4 is 5.32 Å². The van der Waals surface area contributed by atoms with E-state index in [9.17, 15) is 13.2 Å². The highest BCUT2D eigenvalue weighted by atomic mass is 19.4. The fourth-order valence-electron chi connectivity index (χ4n) is 0.881. The topological polar surface area (TPSA) is 40.7 Å². The maximum Gasteiger partial charge on any atom is 0.433 e. The zero-order valence-corrected chi connectivity index (χ0v) is 6.37. The van der Waals surface area contributed by atoms with Crippen molar-refractivity contribution < 1.29 is 13.2 Å². The van der Waals surface area contributed by atoms with E-state index in [1.54, 1.807) is 7.05 Å². The second-order valence-electron chi connectivity index (χ2n) is 2.30. The molecule has 0 amide bonds. The van der Waals surface area contributed by atoms with Gasteiger partial charge in [-0.05, 0) is 7.05 Å². The SMILES string of the molecule is CNCc1cn[nH]c1C(F)(F)F. The van der Waals surface area contributed by atoms with E-state index in [0.717, 1.165) is 0 Å². The summed E-state index contributed by atoms with van der Waals surface area (Å²) in [7, 11) is 1.58. The van der Waals surface area contributed by atoms with Gasteiger partial charge >= 0.3 is 6.18 Å². The van der Waals surface area contributed by atoms with Gasteiger partial charge in [-0.2, -0.15) is 18.3 Å². The summed E-state index contributed by atoms with van der Waals surface area (Å²) in [5.74, 6) is 0. The van der Waals surface area contributed by atoms with Gasteiger partial charge in [0.2, 0.25) is 0 Å². The van der Waals surface area contributed by atoms with Crippen molar-refractivity contribution in [3.8, 4) is 0 Å². The molecule has 68 valence electrons. The molecular weight excluding hydrogens is 171 g/mol. The first-order valence-electron chi connectivity index (χ1n) is 3.29. The van der Waals surface area contributed by atoms with Crippen LogP contribution in [0.15, 0.2) is 6.20 Å². The van der Waals surface area contributed by atoms with Crippen LogP contribution in [0.25, 0.3) is 0 Å². The molecule has 1 aromatic heterocycles. The van der Waals surface area contributed by atoms with Gasteiger partial charge in [-0.3, -0.25) is 5.10 Å². The monoisotopic (exact) mass is 179 g/mol. The Morgan fingerprint density at radius 2 is 2.25 bits per heavy atom. The Hall–Kier alpha value is -1.04. The molecule has 2 N–H and O–H groups in total. The fourth-order valence-corrected chi connectivity index (χ4v) is 0.881. The quantitative estimate of drug-likeness (QED) is 0.714. The number of aromatic amines is 1. The highest BCUT2D eigenvalue weighted by Gasteiger charge is 2.35. The molecule has 0 unspecified atom stereocenters. The highest BCUT2D eigenvalue weighted by molar-refractivity contribution is 5.18. The minimum Gasteiger partial charge on any atom is -0.316 e. The number of alkyl halides is 3. The zero-order chi connectivity index (χ0) is 9.19. The maximum absolute atomic E-state index is 12.1. The second-order valence-corrected chi connectivity index (χ2v) is 2.30. The van der Waals surface area contributed by atoms with Gasteiger partial charge in [-0.1, -0.05) is 0 Å². The molecular formula is C6H8F3N3. The van der Waals surface area contributed by atoms with Crippen LogP contribution in [0.2, 0.25) is 0 Å². The normalized spacial score (nSPS) is 12.0. The van der Waals surface area contributed by atoms with Crippen LogP contribution in [0.5, 0.6) is 0 Å². The van der Waals surface area contributed by atoms with E-state index >= 15 is 0 Å². The van der Waals surface area contributed by atoms with E-state index in [2.05, 4.69) is 10.4 Å². The third-order valence-electron chi connectivity index (χ3n) is 1.37. The third-order valence-corrected chi connectivity index (χ3v) is 1.37. The number of H-pyrrole nitrogens is 1. The van der Waals surface area contributed by atoms with Crippen molar-refractivity contribution in [1.82, 2.24) is 15.5 Å². The van der Waals surface area contributed by atoms with Crippen molar-refractivity contribution in [2.45, 2.75) is 12.7 Å². The van der Waals surface area contributed by atoms with Crippen LogP contribution in [-0.2, 0) is 12.7 Å². The van der Waals surface area contributed by atoms with Crippen LogP contribution in [0.3, 0.4) is 0 Å². The molecule has 0 aliphatic rings. The predicted molar refractivity (Wildman–Crippen MR) is 36.4 cm³/mol. The molecule has 6 heteroatoms. The van der Waals surface area contributed by atoms with Gasteiger partial charge in [0.15, 0.2) is 0 Å². The maximum atomic E-state index is 12.1. The third kappa shape index (κ3) is 1.76. The van der Waals surface area contributed by atoms with E-state index in [1.165, 1.54) is 6.20 Å². The molecule has 3 nitrogen and oxygen atoms in total.